The van der Waals surface area contributed by atoms with E-state index in [9.17, 15) is 10.1 Å². The molecule has 0 amide bonds. The third-order valence-corrected chi connectivity index (χ3v) is 2.20. The Kier molecular flexibility index (Phi) is 2.18. The van der Waals surface area contributed by atoms with E-state index >= 15 is 0 Å². The summed E-state index contributed by atoms with van der Waals surface area (Å²) in [5, 5.41) is 13.7. The van der Waals surface area contributed by atoms with Crippen LogP contribution < -0.4 is 5.32 Å². The van der Waals surface area contributed by atoms with Crippen LogP contribution in [0, 0.1) is 10.1 Å². The Balaban J connectivity index is 2.42. The molecule has 1 aromatic rings. The van der Waals surface area contributed by atoms with Gasteiger partial charge in [0.25, 0.3) is 0 Å². The predicted molar refractivity (Wildman–Crippen MR) is 49.1 cm³/mol. The van der Waals surface area contributed by atoms with Gasteiger partial charge < -0.3 is 0 Å². The molecule has 1 aromatic carbocycles. The molecule has 0 bridgehead atoms. The highest BCUT2D eigenvalue weighted by Gasteiger charge is 2.49. The van der Waals surface area contributed by atoms with E-state index in [1.165, 1.54) is 0 Å². The molecule has 0 spiro atoms. The summed E-state index contributed by atoms with van der Waals surface area (Å²) in [5.41, 5.74) is 0.530. The molecule has 1 aliphatic rings. The molecule has 5 nitrogen and oxygen atoms in total. The maximum atomic E-state index is 10.9. The zero-order chi connectivity index (χ0) is 10.0. The van der Waals surface area contributed by atoms with E-state index in [1.54, 1.807) is 24.3 Å². The van der Waals surface area contributed by atoms with Gasteiger partial charge in [-0.05, 0) is 12.1 Å². The average Bonchev–Trinajstić information content (AvgIpc) is 2.69. The molecule has 0 aliphatic carbocycles. The summed E-state index contributed by atoms with van der Waals surface area (Å²) in [5.74, 6) is -1.54. The second-order valence-electron chi connectivity index (χ2n) is 3.04. The lowest BCUT2D eigenvalue weighted by Gasteiger charge is -2.18. The van der Waals surface area contributed by atoms with Gasteiger partial charge in [-0.25, -0.2) is 5.32 Å². The lowest BCUT2D eigenvalue weighted by molar-refractivity contribution is -0.641. The molecule has 1 unspecified atom stereocenters. The van der Waals surface area contributed by atoms with E-state index in [2.05, 4.69) is 5.32 Å². The number of hydrogen-bond acceptors (Lipinski definition) is 4. The van der Waals surface area contributed by atoms with E-state index in [-0.39, 0.29) is 0 Å². The van der Waals surface area contributed by atoms with E-state index in [0.717, 1.165) is 0 Å². The largest absolute Gasteiger partial charge is 0.413 e. The maximum absolute atomic E-state index is 10.9. The van der Waals surface area contributed by atoms with Crippen molar-refractivity contribution in [2.45, 2.75) is 5.85 Å². The predicted octanol–water partition coefficient (Wildman–Crippen LogP) is 0.693. The summed E-state index contributed by atoms with van der Waals surface area (Å²) < 4.78 is 5.18. The number of rotatable bonds is 2. The quantitative estimate of drug-likeness (QED) is 0.555. The van der Waals surface area contributed by atoms with Crippen LogP contribution in [0.2, 0.25) is 0 Å². The highest BCUT2D eigenvalue weighted by Crippen LogP contribution is 2.26. The minimum atomic E-state index is -1.54. The number of nitro groups is 1. The third kappa shape index (κ3) is 1.26. The van der Waals surface area contributed by atoms with Gasteiger partial charge in [-0.2, -0.15) is 0 Å². The van der Waals surface area contributed by atoms with Gasteiger partial charge in [0.2, 0.25) is 0 Å². The van der Waals surface area contributed by atoms with E-state index in [0.29, 0.717) is 18.7 Å². The van der Waals surface area contributed by atoms with Crippen molar-refractivity contribution in [3.05, 3.63) is 46.0 Å². The number of hydrogen-bond donors (Lipinski definition) is 1. The lowest BCUT2D eigenvalue weighted by Crippen LogP contribution is -2.45. The van der Waals surface area contributed by atoms with Crippen molar-refractivity contribution in [3.8, 4) is 0 Å². The molecule has 14 heavy (non-hydrogen) atoms. The minimum Gasteiger partial charge on any atom is -0.296 e. The Morgan fingerprint density at radius 2 is 2.14 bits per heavy atom. The van der Waals surface area contributed by atoms with Crippen molar-refractivity contribution in [2.75, 3.05) is 13.2 Å². The first-order chi connectivity index (χ1) is 6.76. The van der Waals surface area contributed by atoms with Crippen LogP contribution in [0.5, 0.6) is 0 Å². The van der Waals surface area contributed by atoms with E-state index in [4.69, 9.17) is 4.74 Å². The van der Waals surface area contributed by atoms with Crippen molar-refractivity contribution < 1.29 is 9.66 Å². The summed E-state index contributed by atoms with van der Waals surface area (Å²) in [4.78, 5) is 10.5. The SMILES string of the molecule is O=[N+]([O-])C1(c2ccccc2)NCCO1. The van der Waals surface area contributed by atoms with Crippen LogP contribution >= 0.6 is 0 Å². The zero-order valence-corrected chi connectivity index (χ0v) is 7.47. The van der Waals surface area contributed by atoms with Gasteiger partial charge in [-0.3, -0.25) is 14.9 Å². The highest BCUT2D eigenvalue weighted by atomic mass is 16.7. The molecule has 1 saturated heterocycles. The Morgan fingerprint density at radius 1 is 1.43 bits per heavy atom. The van der Waals surface area contributed by atoms with Crippen LogP contribution in [-0.2, 0) is 10.6 Å². The molecule has 0 aromatic heterocycles. The molecule has 1 aliphatic heterocycles. The molecule has 5 heteroatoms. The second-order valence-corrected chi connectivity index (χ2v) is 3.04. The lowest BCUT2D eigenvalue weighted by atomic mass is 10.1. The smallest absolute Gasteiger partial charge is 0.296 e. The van der Waals surface area contributed by atoms with Crippen LogP contribution in [0.25, 0.3) is 0 Å². The van der Waals surface area contributed by atoms with Crippen LogP contribution in [0.1, 0.15) is 5.56 Å². The van der Waals surface area contributed by atoms with Crippen LogP contribution in [0.4, 0.5) is 0 Å². The fraction of sp³-hybridized carbons (Fsp3) is 0.333. The van der Waals surface area contributed by atoms with Gasteiger partial charge >= 0.3 is 5.85 Å². The van der Waals surface area contributed by atoms with Crippen molar-refractivity contribution >= 4 is 0 Å². The monoisotopic (exact) mass is 194 g/mol. The molecule has 74 valence electrons. The summed E-state index contributed by atoms with van der Waals surface area (Å²) >= 11 is 0. The molecular formula is C9H10N2O3. The van der Waals surface area contributed by atoms with Crippen molar-refractivity contribution in [1.82, 2.24) is 5.32 Å². The fourth-order valence-corrected chi connectivity index (χ4v) is 1.54. The average molecular weight is 194 g/mol. The maximum Gasteiger partial charge on any atom is 0.413 e. The first-order valence-corrected chi connectivity index (χ1v) is 4.35. The Bertz CT molecular complexity index is 333. The normalized spacial score (nSPS) is 26.3. The van der Waals surface area contributed by atoms with Gasteiger partial charge in [0.15, 0.2) is 0 Å². The minimum absolute atomic E-state index is 0.357. The Labute approximate surface area is 80.8 Å². The fourth-order valence-electron chi connectivity index (χ4n) is 1.54. The summed E-state index contributed by atoms with van der Waals surface area (Å²) in [6.07, 6.45) is 0. The van der Waals surface area contributed by atoms with Gasteiger partial charge in [0.05, 0.1) is 17.1 Å². The summed E-state index contributed by atoms with van der Waals surface area (Å²) in [7, 11) is 0. The Hall–Kier alpha value is -1.46. The first kappa shape index (κ1) is 9.11. The van der Waals surface area contributed by atoms with Gasteiger partial charge in [0, 0.05) is 6.54 Å². The first-order valence-electron chi connectivity index (χ1n) is 4.35. The standard InChI is InChI=1S/C9H10N2O3/c12-11(13)9(10-6-7-14-9)8-4-2-1-3-5-8/h1-5,10H,6-7H2. The number of nitrogens with zero attached hydrogens (tertiary/aromatic N) is 1. The number of benzene rings is 1. The second kappa shape index (κ2) is 3.36. The van der Waals surface area contributed by atoms with Crippen molar-refractivity contribution in [1.29, 1.82) is 0 Å². The Morgan fingerprint density at radius 3 is 2.64 bits per heavy atom. The molecule has 0 saturated carbocycles. The zero-order valence-electron chi connectivity index (χ0n) is 7.47. The number of ether oxygens (including phenoxy) is 1. The molecule has 1 N–H and O–H groups in total. The van der Waals surface area contributed by atoms with Crippen molar-refractivity contribution in [2.24, 2.45) is 0 Å². The summed E-state index contributed by atoms with van der Waals surface area (Å²) in [6.45, 7) is 0.853. The highest BCUT2D eigenvalue weighted by molar-refractivity contribution is 5.20. The van der Waals surface area contributed by atoms with Crippen molar-refractivity contribution in [3.63, 3.8) is 0 Å². The van der Waals surface area contributed by atoms with Crippen LogP contribution in [0.15, 0.2) is 30.3 Å². The van der Waals surface area contributed by atoms with Crippen LogP contribution in [-0.4, -0.2) is 18.1 Å². The molecule has 1 atom stereocenters. The molecule has 0 radical (unpaired) electrons. The molecule has 2 rings (SSSR count). The molecular weight excluding hydrogens is 184 g/mol. The van der Waals surface area contributed by atoms with E-state index < -0.39 is 10.8 Å². The van der Waals surface area contributed by atoms with Crippen LogP contribution in [0.3, 0.4) is 0 Å². The van der Waals surface area contributed by atoms with E-state index in [1.807, 2.05) is 6.07 Å². The topological polar surface area (TPSA) is 64.4 Å². The van der Waals surface area contributed by atoms with Gasteiger partial charge in [-0.1, -0.05) is 18.2 Å². The number of nitrogens with one attached hydrogen (secondary N) is 1. The molecule has 1 fully saturated rings. The molecule has 1 heterocycles. The summed E-state index contributed by atoms with van der Waals surface area (Å²) in [6, 6.07) is 8.68. The third-order valence-electron chi connectivity index (χ3n) is 2.20. The van der Waals surface area contributed by atoms with Gasteiger partial charge in [-0.15, -0.1) is 0 Å². The van der Waals surface area contributed by atoms with Gasteiger partial charge in [0.1, 0.15) is 0 Å².